The largest absolute Gasteiger partial charge is 0.480 e. The molecule has 4 aromatic heterocycles. The van der Waals surface area contributed by atoms with Crippen molar-refractivity contribution in [2.45, 2.75) is 146 Å². The lowest BCUT2D eigenvalue weighted by molar-refractivity contribution is -0.142. The molecule has 84 heavy (non-hydrogen) atoms. The van der Waals surface area contributed by atoms with Gasteiger partial charge in [-0.3, -0.25) is 38.4 Å². The minimum atomic E-state index is -1.51. The summed E-state index contributed by atoms with van der Waals surface area (Å²) in [5.74, 6) is -7.89. The van der Waals surface area contributed by atoms with Crippen LogP contribution in [0.1, 0.15) is 94.1 Å². The number of carbonyl (C=O) groups is 9. The molecular weight excluding hydrogens is 1080 g/mol. The van der Waals surface area contributed by atoms with Gasteiger partial charge in [0.05, 0.1) is 18.7 Å². The molecule has 0 saturated carbocycles. The summed E-state index contributed by atoms with van der Waals surface area (Å²) >= 11 is 0. The molecular formula is C57H79N17O10. The van der Waals surface area contributed by atoms with Crippen LogP contribution in [0.15, 0.2) is 86.0 Å². The van der Waals surface area contributed by atoms with Gasteiger partial charge in [0.25, 0.3) is 0 Å². The fraction of sp³-hybridized carbons (Fsp3) is 0.456. The zero-order chi connectivity index (χ0) is 60.7. The van der Waals surface area contributed by atoms with E-state index < -0.39 is 102 Å². The van der Waals surface area contributed by atoms with Gasteiger partial charge in [-0.1, -0.05) is 56.7 Å². The average Bonchev–Trinajstić information content (AvgIpc) is 4.49. The van der Waals surface area contributed by atoms with Gasteiger partial charge < -0.3 is 85.2 Å². The highest BCUT2D eigenvalue weighted by Crippen LogP contribution is 2.22. The van der Waals surface area contributed by atoms with Crippen LogP contribution >= 0.6 is 0 Å². The van der Waals surface area contributed by atoms with Crippen molar-refractivity contribution >= 4 is 75.0 Å². The predicted octanol–water partition coefficient (Wildman–Crippen LogP) is -0.259. The van der Waals surface area contributed by atoms with Crippen molar-refractivity contribution in [3.8, 4) is 0 Å². The van der Waals surface area contributed by atoms with Gasteiger partial charge in [0.15, 0.2) is 0 Å². The Bertz CT molecular complexity index is 3140. The van der Waals surface area contributed by atoms with Crippen LogP contribution in [0.2, 0.25) is 0 Å². The predicted molar refractivity (Wildman–Crippen MR) is 311 cm³/mol. The van der Waals surface area contributed by atoms with Crippen LogP contribution in [0.3, 0.4) is 0 Å². The van der Waals surface area contributed by atoms with E-state index in [2.05, 4.69) is 67.1 Å². The Morgan fingerprint density at radius 2 is 0.905 bits per heavy atom. The van der Waals surface area contributed by atoms with Gasteiger partial charge in [0.2, 0.25) is 47.3 Å². The SMILES string of the molecule is CC(C)C[C@H](NC(=O)[C@@H](Cc1c[nH]c2ccccc12)NC(=O)[C@H](CCCCN)NC(=O)[C@@H](Cc1cnc[nH]1)NC(=O)[C@H](CCC(N)=O)NC(=O)[C@@H](Cc1cnc[nH]1)NC(=O)[C@@H](N)CCCCN)C(=O)N[C@H](Cc1c[nH]c2ccccc12)C(=O)O. The minimum Gasteiger partial charge on any atom is -0.480 e. The number of benzene rings is 2. The number of aromatic amines is 4. The number of hydrogen-bond donors (Lipinski definition) is 16. The Labute approximate surface area is 484 Å². The number of nitrogens with one attached hydrogen (secondary N) is 11. The monoisotopic (exact) mass is 1160 g/mol. The fourth-order valence-electron chi connectivity index (χ4n) is 9.67. The number of carbonyl (C=O) groups excluding carboxylic acids is 8. The van der Waals surface area contributed by atoms with Crippen LogP contribution in [0.25, 0.3) is 21.8 Å². The molecule has 27 heteroatoms. The van der Waals surface area contributed by atoms with Crippen molar-refractivity contribution in [1.29, 1.82) is 0 Å². The summed E-state index contributed by atoms with van der Waals surface area (Å²) in [6.07, 6.45) is 10.1. The number of nitrogens with zero attached hydrogens (tertiary/aromatic N) is 2. The molecule has 4 heterocycles. The average molecular weight is 1160 g/mol. The lowest BCUT2D eigenvalue weighted by Gasteiger charge is -2.28. The molecule has 0 fully saturated rings. The number of carboxylic acid groups (broad SMARTS) is 1. The summed E-state index contributed by atoms with van der Waals surface area (Å²) in [6.45, 7) is 4.30. The van der Waals surface area contributed by atoms with Crippen LogP contribution in [0.4, 0.5) is 0 Å². The van der Waals surface area contributed by atoms with E-state index in [4.69, 9.17) is 22.9 Å². The Kier molecular flexibility index (Phi) is 24.5. The molecule has 8 atom stereocenters. The second-order valence-electron chi connectivity index (χ2n) is 21.3. The van der Waals surface area contributed by atoms with Crippen LogP contribution in [-0.4, -0.2) is 150 Å². The summed E-state index contributed by atoms with van der Waals surface area (Å²) in [5.41, 5.74) is 26.8. The summed E-state index contributed by atoms with van der Waals surface area (Å²) < 4.78 is 0. The molecule has 8 amide bonds. The molecule has 452 valence electrons. The molecule has 0 saturated heterocycles. The van der Waals surface area contributed by atoms with E-state index in [0.29, 0.717) is 54.7 Å². The number of H-pyrrole nitrogens is 4. The smallest absolute Gasteiger partial charge is 0.326 e. The van der Waals surface area contributed by atoms with Crippen molar-refractivity contribution in [3.63, 3.8) is 0 Å². The summed E-state index contributed by atoms with van der Waals surface area (Å²) in [7, 11) is 0. The Hall–Kier alpha value is -8.95. The lowest BCUT2D eigenvalue weighted by Crippen LogP contribution is -2.61. The van der Waals surface area contributed by atoms with Crippen LogP contribution in [0, 0.1) is 5.92 Å². The van der Waals surface area contributed by atoms with Crippen LogP contribution in [0.5, 0.6) is 0 Å². The Balaban J connectivity index is 1.25. The van der Waals surface area contributed by atoms with Gasteiger partial charge >= 0.3 is 5.97 Å². The molecule has 6 rings (SSSR count). The third kappa shape index (κ3) is 19.3. The normalized spacial score (nSPS) is 14.3. The van der Waals surface area contributed by atoms with Crippen molar-refractivity contribution in [1.82, 2.24) is 67.1 Å². The number of para-hydroxylation sites is 2. The number of unbranched alkanes of at least 4 members (excludes halogenated alkanes) is 2. The highest BCUT2D eigenvalue weighted by atomic mass is 16.4. The van der Waals surface area contributed by atoms with E-state index in [1.165, 1.54) is 25.0 Å². The summed E-state index contributed by atoms with van der Waals surface area (Å²) in [4.78, 5) is 145. The van der Waals surface area contributed by atoms with E-state index in [1.54, 1.807) is 12.4 Å². The quantitative estimate of drug-likeness (QED) is 0.0226. The number of primary amides is 1. The van der Waals surface area contributed by atoms with Crippen molar-refractivity contribution in [2.75, 3.05) is 13.1 Å². The number of aromatic nitrogens is 6. The van der Waals surface area contributed by atoms with Gasteiger partial charge in [-0.05, 0) is 87.2 Å². The van der Waals surface area contributed by atoms with E-state index in [9.17, 15) is 48.3 Å². The number of hydrogen-bond acceptors (Lipinski definition) is 14. The van der Waals surface area contributed by atoms with Crippen molar-refractivity contribution < 1.29 is 48.3 Å². The standard InChI is InChI=1S/C57H79N17O10/c1-32(2)21-44(53(79)74-48(57(83)84)23-34-27-65-41-15-6-4-12-38(34)41)71-54(80)45(22-33-26-64-40-14-5-3-11-37(33)40)72-51(77)42(16-8-10-20-59)68-56(82)47(25-36-29-63-31-67-36)73-52(78)43(17-18-49(61)75)69-55(81)46(24-35-28-62-30-66-35)70-50(76)39(60)13-7-9-19-58/h3-6,11-12,14-15,26-32,39,42-48,64-65H,7-10,13,16-25,58-60H2,1-2H3,(H2,61,75)(H,62,66)(H,63,67)(H,68,82)(H,69,81)(H,70,76)(H,71,80)(H,72,77)(H,73,78)(H,74,79)(H,83,84)/t39-,42-,43-,44-,45+,46+,47+,48+/m0/s1. The number of carboxylic acids is 1. The van der Waals surface area contributed by atoms with Gasteiger partial charge in [-0.15, -0.1) is 0 Å². The van der Waals surface area contributed by atoms with E-state index >= 15 is 0 Å². The molecule has 0 aliphatic rings. The first-order valence-electron chi connectivity index (χ1n) is 28.2. The number of fused-ring (bicyclic) bond motifs is 2. The molecule has 27 nitrogen and oxygen atoms in total. The van der Waals surface area contributed by atoms with Gasteiger partial charge in [0, 0.05) is 90.1 Å². The number of aliphatic carboxylic acids is 1. The zero-order valence-corrected chi connectivity index (χ0v) is 47.2. The maximum atomic E-state index is 14.8. The highest BCUT2D eigenvalue weighted by Gasteiger charge is 2.36. The minimum absolute atomic E-state index is 0.00369. The third-order valence-electron chi connectivity index (χ3n) is 14.2. The highest BCUT2D eigenvalue weighted by molar-refractivity contribution is 5.98. The number of amides is 8. The molecule has 0 spiro atoms. The zero-order valence-electron chi connectivity index (χ0n) is 47.2. The second-order valence-corrected chi connectivity index (χ2v) is 21.3. The van der Waals surface area contributed by atoms with Crippen molar-refractivity contribution in [3.05, 3.63) is 108 Å². The molecule has 20 N–H and O–H groups in total. The molecule has 0 aliphatic carbocycles. The summed E-state index contributed by atoms with van der Waals surface area (Å²) in [6, 6.07) is 3.98. The van der Waals surface area contributed by atoms with Gasteiger partial charge in [-0.2, -0.15) is 0 Å². The summed E-state index contributed by atoms with van der Waals surface area (Å²) in [5, 5.41) is 30.8. The molecule has 6 aromatic rings. The molecule has 0 aliphatic heterocycles. The third-order valence-corrected chi connectivity index (χ3v) is 14.2. The van der Waals surface area contributed by atoms with Crippen LogP contribution in [-0.2, 0) is 68.8 Å². The molecule has 0 bridgehead atoms. The molecule has 2 aromatic carbocycles. The van der Waals surface area contributed by atoms with Crippen LogP contribution < -0.4 is 60.2 Å². The second kappa shape index (κ2) is 32.0. The van der Waals surface area contributed by atoms with E-state index in [-0.39, 0.29) is 70.3 Å². The van der Waals surface area contributed by atoms with Crippen molar-refractivity contribution in [2.24, 2.45) is 28.9 Å². The molecule has 0 unspecified atom stereocenters. The number of imidazole rings is 2. The number of nitrogens with two attached hydrogens (primary N) is 4. The number of rotatable bonds is 36. The first-order chi connectivity index (χ1) is 40.3. The Morgan fingerprint density at radius 1 is 0.500 bits per heavy atom. The van der Waals surface area contributed by atoms with Gasteiger partial charge in [-0.25, -0.2) is 14.8 Å². The lowest BCUT2D eigenvalue weighted by atomic mass is 9.99. The van der Waals surface area contributed by atoms with E-state index in [1.807, 2.05) is 62.4 Å². The fourth-order valence-corrected chi connectivity index (χ4v) is 9.67. The van der Waals surface area contributed by atoms with E-state index in [0.717, 1.165) is 21.8 Å². The first-order valence-corrected chi connectivity index (χ1v) is 28.2. The maximum absolute atomic E-state index is 14.8. The first kappa shape index (κ1) is 64.2. The molecule has 0 radical (unpaired) electrons. The topological polar surface area (TPSA) is 451 Å². The Morgan fingerprint density at radius 3 is 1.37 bits per heavy atom. The maximum Gasteiger partial charge on any atom is 0.326 e. The van der Waals surface area contributed by atoms with Gasteiger partial charge in [0.1, 0.15) is 42.3 Å².